The Kier molecular flexibility index (Phi) is 7.59. The van der Waals surface area contributed by atoms with Crippen molar-refractivity contribution in [1.82, 2.24) is 15.6 Å². The standard InChI is InChI=1S/C18H26N4S2/c1-13(2)16-12-23-17(22-16)11-21-18(19-4)20-10-14(3)24-15-8-6-5-7-9-15/h5-9,12-14H,10-11H2,1-4H3,(H2,19,20,21). The van der Waals surface area contributed by atoms with Crippen LogP contribution in [0.5, 0.6) is 0 Å². The van der Waals surface area contributed by atoms with Crippen LogP contribution in [0.15, 0.2) is 45.6 Å². The van der Waals surface area contributed by atoms with E-state index in [2.05, 4.69) is 71.0 Å². The zero-order valence-corrected chi connectivity index (χ0v) is 16.4. The van der Waals surface area contributed by atoms with Crippen molar-refractivity contribution in [2.24, 2.45) is 4.99 Å². The number of hydrogen-bond donors (Lipinski definition) is 2. The summed E-state index contributed by atoms with van der Waals surface area (Å²) in [4.78, 5) is 10.2. The zero-order valence-electron chi connectivity index (χ0n) is 14.7. The van der Waals surface area contributed by atoms with Gasteiger partial charge in [-0.3, -0.25) is 4.99 Å². The molecule has 6 heteroatoms. The highest BCUT2D eigenvalue weighted by molar-refractivity contribution is 8.00. The quantitative estimate of drug-likeness (QED) is 0.442. The first-order chi connectivity index (χ1) is 11.6. The van der Waals surface area contributed by atoms with Gasteiger partial charge in [-0.2, -0.15) is 0 Å². The lowest BCUT2D eigenvalue weighted by molar-refractivity contribution is 0.776. The molecule has 0 aliphatic rings. The van der Waals surface area contributed by atoms with Crippen LogP contribution in [0.4, 0.5) is 0 Å². The number of aliphatic imine (C=N–C) groups is 1. The topological polar surface area (TPSA) is 49.3 Å². The van der Waals surface area contributed by atoms with E-state index in [1.54, 1.807) is 18.4 Å². The molecule has 1 aromatic heterocycles. The summed E-state index contributed by atoms with van der Waals surface area (Å²) in [6, 6.07) is 10.5. The molecule has 0 bridgehead atoms. The first kappa shape index (κ1) is 18.8. The third kappa shape index (κ3) is 6.17. The highest BCUT2D eigenvalue weighted by atomic mass is 32.2. The van der Waals surface area contributed by atoms with E-state index in [1.807, 2.05) is 17.8 Å². The molecule has 24 heavy (non-hydrogen) atoms. The van der Waals surface area contributed by atoms with Crippen LogP contribution in [0.3, 0.4) is 0 Å². The van der Waals surface area contributed by atoms with Gasteiger partial charge < -0.3 is 10.6 Å². The predicted molar refractivity (Wildman–Crippen MR) is 106 cm³/mol. The average Bonchev–Trinajstić information content (AvgIpc) is 3.05. The van der Waals surface area contributed by atoms with Crippen molar-refractivity contribution in [2.75, 3.05) is 13.6 Å². The van der Waals surface area contributed by atoms with Crippen molar-refractivity contribution in [1.29, 1.82) is 0 Å². The Hall–Kier alpha value is -1.53. The van der Waals surface area contributed by atoms with E-state index in [0.29, 0.717) is 17.7 Å². The predicted octanol–water partition coefficient (Wildman–Crippen LogP) is 4.11. The highest BCUT2D eigenvalue weighted by Crippen LogP contribution is 2.22. The number of thioether (sulfide) groups is 1. The number of benzene rings is 1. The van der Waals surface area contributed by atoms with Crippen LogP contribution >= 0.6 is 23.1 Å². The molecule has 0 fully saturated rings. The molecule has 2 aromatic rings. The van der Waals surface area contributed by atoms with E-state index in [1.165, 1.54) is 4.90 Å². The number of hydrogen-bond acceptors (Lipinski definition) is 4. The van der Waals surface area contributed by atoms with E-state index in [0.717, 1.165) is 23.2 Å². The van der Waals surface area contributed by atoms with Gasteiger partial charge in [0, 0.05) is 29.1 Å². The molecule has 1 heterocycles. The molecule has 0 aliphatic heterocycles. The van der Waals surface area contributed by atoms with Crippen LogP contribution in [0, 0.1) is 0 Å². The summed E-state index contributed by atoms with van der Waals surface area (Å²) >= 11 is 3.56. The van der Waals surface area contributed by atoms with Gasteiger partial charge in [0.05, 0.1) is 12.2 Å². The third-order valence-corrected chi connectivity index (χ3v) is 5.41. The van der Waals surface area contributed by atoms with E-state index < -0.39 is 0 Å². The van der Waals surface area contributed by atoms with E-state index in [9.17, 15) is 0 Å². The second-order valence-electron chi connectivity index (χ2n) is 5.87. The second kappa shape index (κ2) is 9.69. The summed E-state index contributed by atoms with van der Waals surface area (Å²) in [6.07, 6.45) is 0. The van der Waals surface area contributed by atoms with Gasteiger partial charge in [-0.05, 0) is 18.1 Å². The number of rotatable bonds is 7. The maximum absolute atomic E-state index is 4.64. The Labute approximate surface area is 153 Å². The molecule has 2 N–H and O–H groups in total. The van der Waals surface area contributed by atoms with Crippen LogP contribution in [0.2, 0.25) is 0 Å². The van der Waals surface area contributed by atoms with Gasteiger partial charge >= 0.3 is 0 Å². The van der Waals surface area contributed by atoms with Crippen LogP contribution in [-0.2, 0) is 6.54 Å². The summed E-state index contributed by atoms with van der Waals surface area (Å²) in [5.74, 6) is 1.29. The first-order valence-corrected chi connectivity index (χ1v) is 9.95. The van der Waals surface area contributed by atoms with Crippen molar-refractivity contribution >= 4 is 29.1 Å². The Morgan fingerprint density at radius 2 is 1.96 bits per heavy atom. The minimum absolute atomic E-state index is 0.457. The van der Waals surface area contributed by atoms with Gasteiger partial charge in [0.15, 0.2) is 5.96 Å². The van der Waals surface area contributed by atoms with Gasteiger partial charge in [-0.1, -0.05) is 39.0 Å². The third-order valence-electron chi connectivity index (χ3n) is 3.43. The average molecular weight is 363 g/mol. The number of aromatic nitrogens is 1. The van der Waals surface area contributed by atoms with Crippen LogP contribution in [-0.4, -0.2) is 29.8 Å². The lowest BCUT2D eigenvalue weighted by Gasteiger charge is -2.15. The summed E-state index contributed by atoms with van der Waals surface area (Å²) in [5.41, 5.74) is 1.16. The fraction of sp³-hybridized carbons (Fsp3) is 0.444. The van der Waals surface area contributed by atoms with Gasteiger partial charge in [-0.25, -0.2) is 4.98 Å². The van der Waals surface area contributed by atoms with Crippen LogP contribution < -0.4 is 10.6 Å². The number of thiazole rings is 1. The monoisotopic (exact) mass is 362 g/mol. The molecule has 1 aromatic carbocycles. The molecule has 130 valence electrons. The van der Waals surface area contributed by atoms with Gasteiger partial charge in [0.25, 0.3) is 0 Å². The molecule has 1 unspecified atom stereocenters. The molecular weight excluding hydrogens is 336 g/mol. The Bertz CT molecular complexity index is 637. The van der Waals surface area contributed by atoms with Gasteiger partial charge in [0.1, 0.15) is 5.01 Å². The molecule has 0 saturated heterocycles. The summed E-state index contributed by atoms with van der Waals surface area (Å²) in [6.45, 7) is 8.11. The summed E-state index contributed by atoms with van der Waals surface area (Å²) in [7, 11) is 1.80. The minimum Gasteiger partial charge on any atom is -0.355 e. The number of guanidine groups is 1. The Balaban J connectivity index is 1.75. The van der Waals surface area contributed by atoms with Crippen molar-refractivity contribution in [3.8, 4) is 0 Å². The molecular formula is C18H26N4S2. The lowest BCUT2D eigenvalue weighted by atomic mass is 10.2. The number of nitrogens with one attached hydrogen (secondary N) is 2. The van der Waals surface area contributed by atoms with Crippen molar-refractivity contribution in [3.05, 3.63) is 46.4 Å². The van der Waals surface area contributed by atoms with Crippen molar-refractivity contribution in [3.63, 3.8) is 0 Å². The maximum atomic E-state index is 4.64. The fourth-order valence-corrected chi connectivity index (χ4v) is 3.91. The molecule has 0 radical (unpaired) electrons. The van der Waals surface area contributed by atoms with Crippen LogP contribution in [0.25, 0.3) is 0 Å². The van der Waals surface area contributed by atoms with Crippen molar-refractivity contribution < 1.29 is 0 Å². The normalized spacial score (nSPS) is 13.1. The maximum Gasteiger partial charge on any atom is 0.191 e. The second-order valence-corrected chi connectivity index (χ2v) is 8.32. The lowest BCUT2D eigenvalue weighted by Crippen LogP contribution is -2.39. The molecule has 2 rings (SSSR count). The Morgan fingerprint density at radius 3 is 2.58 bits per heavy atom. The molecule has 0 saturated carbocycles. The fourth-order valence-electron chi connectivity index (χ4n) is 2.06. The van der Waals surface area contributed by atoms with E-state index in [4.69, 9.17) is 0 Å². The molecule has 0 spiro atoms. The van der Waals surface area contributed by atoms with Gasteiger partial charge in [0.2, 0.25) is 0 Å². The van der Waals surface area contributed by atoms with Crippen molar-refractivity contribution in [2.45, 2.75) is 43.4 Å². The molecule has 0 aliphatic carbocycles. The zero-order chi connectivity index (χ0) is 17.4. The summed E-state index contributed by atoms with van der Waals surface area (Å²) < 4.78 is 0. The minimum atomic E-state index is 0.457. The van der Waals surface area contributed by atoms with Gasteiger partial charge in [-0.15, -0.1) is 23.1 Å². The molecule has 1 atom stereocenters. The smallest absolute Gasteiger partial charge is 0.191 e. The van der Waals surface area contributed by atoms with E-state index in [-0.39, 0.29) is 0 Å². The SMILES string of the molecule is CN=C(NCc1nc(C(C)C)cs1)NCC(C)Sc1ccccc1. The molecule has 4 nitrogen and oxygen atoms in total. The largest absolute Gasteiger partial charge is 0.355 e. The molecule has 0 amide bonds. The Morgan fingerprint density at radius 1 is 1.21 bits per heavy atom. The van der Waals surface area contributed by atoms with Crippen LogP contribution in [0.1, 0.15) is 37.4 Å². The van der Waals surface area contributed by atoms with E-state index >= 15 is 0 Å². The highest BCUT2D eigenvalue weighted by Gasteiger charge is 2.08. The summed E-state index contributed by atoms with van der Waals surface area (Å²) in [5, 5.41) is 10.4. The number of nitrogens with zero attached hydrogens (tertiary/aromatic N) is 2. The first-order valence-electron chi connectivity index (χ1n) is 8.19.